The Balaban J connectivity index is 2.18. The molecule has 0 bridgehead atoms. The van der Waals surface area contributed by atoms with Crippen LogP contribution in [0.25, 0.3) is 0 Å². The van der Waals surface area contributed by atoms with Crippen molar-refractivity contribution in [2.24, 2.45) is 0 Å². The molecular formula is C11H21NO4. The lowest BCUT2D eigenvalue weighted by atomic mass is 10.1. The number of aliphatic hydroxyl groups excluding tert-OH is 1. The van der Waals surface area contributed by atoms with Gasteiger partial charge in [0.2, 0.25) is 0 Å². The van der Waals surface area contributed by atoms with E-state index < -0.39 is 11.7 Å². The highest BCUT2D eigenvalue weighted by atomic mass is 16.6. The Morgan fingerprint density at radius 3 is 2.50 bits per heavy atom. The van der Waals surface area contributed by atoms with Crippen LogP contribution in [0.5, 0.6) is 0 Å². The molecule has 1 aliphatic heterocycles. The lowest BCUT2D eigenvalue weighted by molar-refractivity contribution is -0.0803. The largest absolute Gasteiger partial charge is 0.444 e. The van der Waals surface area contributed by atoms with E-state index in [1.807, 2.05) is 20.8 Å². The first-order valence-corrected chi connectivity index (χ1v) is 5.55. The molecule has 0 aromatic rings. The topological polar surface area (TPSA) is 59.0 Å². The van der Waals surface area contributed by atoms with E-state index in [0.717, 1.165) is 0 Å². The molecule has 0 aromatic heterocycles. The number of hydrogen-bond donors (Lipinski definition) is 1. The molecule has 0 radical (unpaired) electrons. The van der Waals surface area contributed by atoms with Crippen molar-refractivity contribution in [3.8, 4) is 0 Å². The van der Waals surface area contributed by atoms with E-state index in [1.165, 1.54) is 0 Å². The zero-order valence-corrected chi connectivity index (χ0v) is 10.4. The number of ether oxygens (including phenoxy) is 2. The van der Waals surface area contributed by atoms with Crippen LogP contribution in [0.4, 0.5) is 4.79 Å². The van der Waals surface area contributed by atoms with Crippen LogP contribution in [0, 0.1) is 0 Å². The van der Waals surface area contributed by atoms with Gasteiger partial charge in [0.25, 0.3) is 0 Å². The molecule has 1 aliphatic rings. The van der Waals surface area contributed by atoms with Gasteiger partial charge in [-0.05, 0) is 27.7 Å². The molecule has 16 heavy (non-hydrogen) atoms. The minimum Gasteiger partial charge on any atom is -0.444 e. The number of carbonyl (C=O) groups is 1. The number of rotatable bonds is 3. The van der Waals surface area contributed by atoms with Gasteiger partial charge in [0.15, 0.2) is 0 Å². The summed E-state index contributed by atoms with van der Waals surface area (Å²) >= 11 is 0. The van der Waals surface area contributed by atoms with E-state index in [4.69, 9.17) is 14.6 Å². The van der Waals surface area contributed by atoms with Crippen molar-refractivity contribution in [1.82, 2.24) is 4.90 Å². The fraction of sp³-hybridized carbons (Fsp3) is 0.909. The van der Waals surface area contributed by atoms with Crippen LogP contribution in [-0.4, -0.2) is 53.6 Å². The van der Waals surface area contributed by atoms with Gasteiger partial charge in [-0.25, -0.2) is 4.79 Å². The molecule has 94 valence electrons. The van der Waals surface area contributed by atoms with Gasteiger partial charge in [-0.3, -0.25) is 0 Å². The molecule has 1 heterocycles. The minimum absolute atomic E-state index is 0.0297. The Kier molecular flexibility index (Phi) is 4.15. The number of amides is 1. The van der Waals surface area contributed by atoms with Crippen LogP contribution in [-0.2, 0) is 9.47 Å². The summed E-state index contributed by atoms with van der Waals surface area (Å²) in [6.07, 6.45) is -0.734. The van der Waals surface area contributed by atoms with Gasteiger partial charge in [-0.1, -0.05) is 0 Å². The maximum Gasteiger partial charge on any atom is 0.410 e. The van der Waals surface area contributed by atoms with Gasteiger partial charge < -0.3 is 19.5 Å². The van der Waals surface area contributed by atoms with Gasteiger partial charge in [0, 0.05) is 0 Å². The third-order valence-electron chi connectivity index (χ3n) is 2.07. The zero-order chi connectivity index (χ0) is 12.3. The summed E-state index contributed by atoms with van der Waals surface area (Å²) in [5.74, 6) is 0. The minimum atomic E-state index is -0.462. The van der Waals surface area contributed by atoms with Crippen LogP contribution >= 0.6 is 0 Å². The van der Waals surface area contributed by atoms with Crippen molar-refractivity contribution >= 4 is 6.09 Å². The van der Waals surface area contributed by atoms with Crippen molar-refractivity contribution in [2.75, 3.05) is 19.7 Å². The van der Waals surface area contributed by atoms with Crippen molar-refractivity contribution in [3.63, 3.8) is 0 Å². The predicted octanol–water partition coefficient (Wildman–Crippen LogP) is 1.00. The maximum absolute atomic E-state index is 11.5. The highest BCUT2D eigenvalue weighted by Crippen LogP contribution is 2.17. The number of carbonyl (C=O) groups excluding carboxylic acids is 1. The van der Waals surface area contributed by atoms with Crippen molar-refractivity contribution in [1.29, 1.82) is 0 Å². The Bertz CT molecular complexity index is 241. The summed E-state index contributed by atoms with van der Waals surface area (Å²) in [5.41, 5.74) is -0.456. The normalized spacial score (nSPS) is 19.2. The van der Waals surface area contributed by atoms with E-state index in [2.05, 4.69) is 0 Å². The molecule has 1 rings (SSSR count). The first-order chi connectivity index (χ1) is 7.28. The summed E-state index contributed by atoms with van der Waals surface area (Å²) in [4.78, 5) is 13.1. The molecule has 1 saturated heterocycles. The second-order valence-corrected chi connectivity index (χ2v) is 5.19. The molecule has 5 nitrogen and oxygen atoms in total. The highest BCUT2D eigenvalue weighted by molar-refractivity contribution is 5.69. The third kappa shape index (κ3) is 4.37. The summed E-state index contributed by atoms with van der Waals surface area (Å²) in [6, 6.07) is 0. The van der Waals surface area contributed by atoms with Crippen molar-refractivity contribution in [2.45, 2.75) is 45.5 Å². The monoisotopic (exact) mass is 231 g/mol. The van der Waals surface area contributed by atoms with Crippen LogP contribution < -0.4 is 0 Å². The number of hydrogen-bond acceptors (Lipinski definition) is 4. The SMILES string of the molecule is C[C@H](O)COC1CN(C(=O)OC(C)(C)C)C1. The molecule has 0 saturated carbocycles. The maximum atomic E-state index is 11.5. The van der Waals surface area contributed by atoms with Crippen molar-refractivity contribution in [3.05, 3.63) is 0 Å². The molecular weight excluding hydrogens is 210 g/mol. The fourth-order valence-corrected chi connectivity index (χ4v) is 1.29. The van der Waals surface area contributed by atoms with Gasteiger partial charge in [-0.15, -0.1) is 0 Å². The van der Waals surface area contributed by atoms with Crippen LogP contribution in [0.2, 0.25) is 0 Å². The van der Waals surface area contributed by atoms with Crippen LogP contribution in [0.3, 0.4) is 0 Å². The molecule has 0 aromatic carbocycles. The molecule has 0 unspecified atom stereocenters. The van der Waals surface area contributed by atoms with E-state index >= 15 is 0 Å². The van der Waals surface area contributed by atoms with Gasteiger partial charge >= 0.3 is 6.09 Å². The molecule has 0 aliphatic carbocycles. The van der Waals surface area contributed by atoms with Crippen molar-refractivity contribution < 1.29 is 19.4 Å². The lowest BCUT2D eigenvalue weighted by Crippen LogP contribution is -2.56. The quantitative estimate of drug-likeness (QED) is 0.787. The average molecular weight is 231 g/mol. The lowest BCUT2D eigenvalue weighted by Gasteiger charge is -2.39. The van der Waals surface area contributed by atoms with Gasteiger partial charge in [0.05, 0.1) is 31.9 Å². The summed E-state index contributed by atoms with van der Waals surface area (Å²) in [6.45, 7) is 8.59. The Labute approximate surface area is 96.3 Å². The molecule has 1 atom stereocenters. The van der Waals surface area contributed by atoms with Gasteiger partial charge in [-0.2, -0.15) is 0 Å². The smallest absolute Gasteiger partial charge is 0.410 e. The van der Waals surface area contributed by atoms with Gasteiger partial charge in [0.1, 0.15) is 5.60 Å². The molecule has 0 spiro atoms. The van der Waals surface area contributed by atoms with Crippen LogP contribution in [0.15, 0.2) is 0 Å². The summed E-state index contributed by atoms with van der Waals surface area (Å²) in [5, 5.41) is 9.02. The Hall–Kier alpha value is -0.810. The third-order valence-corrected chi connectivity index (χ3v) is 2.07. The summed E-state index contributed by atoms with van der Waals surface area (Å²) in [7, 11) is 0. The number of aliphatic hydroxyl groups is 1. The first kappa shape index (κ1) is 13.3. The molecule has 1 N–H and O–H groups in total. The number of likely N-dealkylation sites (tertiary alicyclic amines) is 1. The van der Waals surface area contributed by atoms with E-state index in [1.54, 1.807) is 11.8 Å². The number of nitrogens with zero attached hydrogens (tertiary/aromatic N) is 1. The van der Waals surface area contributed by atoms with E-state index in [0.29, 0.717) is 19.7 Å². The first-order valence-electron chi connectivity index (χ1n) is 5.55. The fourth-order valence-electron chi connectivity index (χ4n) is 1.29. The molecule has 1 amide bonds. The predicted molar refractivity (Wildman–Crippen MR) is 59.2 cm³/mol. The second-order valence-electron chi connectivity index (χ2n) is 5.19. The average Bonchev–Trinajstić information content (AvgIpc) is 1.96. The zero-order valence-electron chi connectivity index (χ0n) is 10.4. The van der Waals surface area contributed by atoms with E-state index in [9.17, 15) is 4.79 Å². The Morgan fingerprint density at radius 1 is 1.50 bits per heavy atom. The second kappa shape index (κ2) is 5.01. The Morgan fingerprint density at radius 2 is 2.06 bits per heavy atom. The van der Waals surface area contributed by atoms with E-state index in [-0.39, 0.29) is 12.2 Å². The van der Waals surface area contributed by atoms with Crippen LogP contribution in [0.1, 0.15) is 27.7 Å². The molecule has 5 heteroatoms. The summed E-state index contributed by atoms with van der Waals surface area (Å²) < 4.78 is 10.5. The highest BCUT2D eigenvalue weighted by Gasteiger charge is 2.34. The standard InChI is InChI=1S/C11H21NO4/c1-8(13)7-15-9-5-12(6-9)10(14)16-11(2,3)4/h8-9,13H,5-7H2,1-4H3/t8-/m0/s1. The molecule has 1 fully saturated rings.